The molecular formula is C18H29Cl2N3O2. The van der Waals surface area contributed by atoms with Crippen LogP contribution in [0.4, 0.5) is 5.69 Å². The number of anilines is 1. The third kappa shape index (κ3) is 4.72. The summed E-state index contributed by atoms with van der Waals surface area (Å²) in [7, 11) is 1.70. The van der Waals surface area contributed by atoms with E-state index in [0.717, 1.165) is 56.9 Å². The van der Waals surface area contributed by atoms with Gasteiger partial charge in [0.1, 0.15) is 5.75 Å². The molecular weight excluding hydrogens is 361 g/mol. The standard InChI is InChI=1S/C18H27N3O2.2ClH/c1-23-17-8-3-2-7-16(17)20-9-11-21(12-10-20)18(22)15-6-4-5-14(15)13-19;;/h2-3,7-8,14-15H,4-6,9-13,19H2,1H3;2*1H/t14-,15-;;/m1../s1. The maximum absolute atomic E-state index is 12.8. The number of nitrogens with zero attached hydrogens (tertiary/aromatic N) is 2. The summed E-state index contributed by atoms with van der Waals surface area (Å²) in [4.78, 5) is 17.1. The maximum Gasteiger partial charge on any atom is 0.226 e. The minimum Gasteiger partial charge on any atom is -0.495 e. The van der Waals surface area contributed by atoms with Crippen molar-refractivity contribution in [2.24, 2.45) is 17.6 Å². The first-order chi connectivity index (χ1) is 11.2. The summed E-state index contributed by atoms with van der Waals surface area (Å²) in [5.74, 6) is 1.75. The van der Waals surface area contributed by atoms with E-state index in [9.17, 15) is 4.79 Å². The molecule has 2 aliphatic rings. The fourth-order valence-corrected chi connectivity index (χ4v) is 3.94. The van der Waals surface area contributed by atoms with Gasteiger partial charge in [0.25, 0.3) is 0 Å². The number of para-hydroxylation sites is 2. The molecule has 1 aliphatic heterocycles. The largest absolute Gasteiger partial charge is 0.495 e. The topological polar surface area (TPSA) is 58.8 Å². The maximum atomic E-state index is 12.8. The van der Waals surface area contributed by atoms with Crippen LogP contribution in [0.2, 0.25) is 0 Å². The Labute approximate surface area is 162 Å². The zero-order valence-electron chi connectivity index (χ0n) is 14.7. The van der Waals surface area contributed by atoms with Crippen LogP contribution in [0, 0.1) is 11.8 Å². The summed E-state index contributed by atoms with van der Waals surface area (Å²) in [5, 5.41) is 0. The van der Waals surface area contributed by atoms with Crippen molar-refractivity contribution in [3.8, 4) is 5.75 Å². The van der Waals surface area contributed by atoms with Crippen molar-refractivity contribution in [3.63, 3.8) is 0 Å². The number of ether oxygens (including phenoxy) is 1. The Balaban J connectivity index is 0.00000156. The molecule has 25 heavy (non-hydrogen) atoms. The van der Waals surface area contributed by atoms with Gasteiger partial charge in [0.2, 0.25) is 5.91 Å². The van der Waals surface area contributed by atoms with Crippen LogP contribution in [-0.4, -0.2) is 50.6 Å². The second-order valence-electron chi connectivity index (χ2n) is 6.52. The third-order valence-electron chi connectivity index (χ3n) is 5.30. The Morgan fingerprint density at radius 3 is 2.48 bits per heavy atom. The van der Waals surface area contributed by atoms with Crippen molar-refractivity contribution >= 4 is 36.4 Å². The average molecular weight is 390 g/mol. The molecule has 1 amide bonds. The summed E-state index contributed by atoms with van der Waals surface area (Å²) in [6.07, 6.45) is 3.25. The molecule has 0 spiro atoms. The van der Waals surface area contributed by atoms with Crippen molar-refractivity contribution in [2.75, 3.05) is 44.7 Å². The minimum atomic E-state index is 0. The number of rotatable bonds is 4. The fraction of sp³-hybridized carbons (Fsp3) is 0.611. The van der Waals surface area contributed by atoms with E-state index >= 15 is 0 Å². The Morgan fingerprint density at radius 1 is 1.16 bits per heavy atom. The molecule has 2 atom stereocenters. The van der Waals surface area contributed by atoms with E-state index in [0.29, 0.717) is 18.4 Å². The molecule has 0 bridgehead atoms. The highest BCUT2D eigenvalue weighted by Crippen LogP contribution is 2.33. The van der Waals surface area contributed by atoms with E-state index in [2.05, 4.69) is 11.0 Å². The number of halogens is 2. The number of nitrogens with two attached hydrogens (primary N) is 1. The predicted octanol–water partition coefficient (Wildman–Crippen LogP) is 2.56. The van der Waals surface area contributed by atoms with Crippen molar-refractivity contribution in [2.45, 2.75) is 19.3 Å². The molecule has 0 aromatic heterocycles. The predicted molar refractivity (Wildman–Crippen MR) is 106 cm³/mol. The first kappa shape index (κ1) is 21.9. The molecule has 3 rings (SSSR count). The summed E-state index contributed by atoms with van der Waals surface area (Å²) >= 11 is 0. The molecule has 1 heterocycles. The van der Waals surface area contributed by atoms with Crippen LogP contribution in [0.1, 0.15) is 19.3 Å². The summed E-state index contributed by atoms with van der Waals surface area (Å²) in [5.41, 5.74) is 6.94. The number of amides is 1. The molecule has 1 aromatic rings. The molecule has 1 saturated carbocycles. The van der Waals surface area contributed by atoms with E-state index in [-0.39, 0.29) is 30.7 Å². The van der Waals surface area contributed by atoms with Gasteiger partial charge >= 0.3 is 0 Å². The molecule has 2 fully saturated rings. The van der Waals surface area contributed by atoms with Gasteiger partial charge < -0.3 is 20.3 Å². The number of carbonyl (C=O) groups is 1. The fourth-order valence-electron chi connectivity index (χ4n) is 3.94. The molecule has 1 aromatic carbocycles. The SMILES string of the molecule is COc1ccccc1N1CCN(C(=O)[C@@H]2CCC[C@@H]2CN)CC1.Cl.Cl. The zero-order chi connectivity index (χ0) is 16.2. The molecule has 1 aliphatic carbocycles. The highest BCUT2D eigenvalue weighted by Gasteiger charge is 2.35. The number of hydrogen-bond donors (Lipinski definition) is 1. The lowest BCUT2D eigenvalue weighted by Gasteiger charge is -2.38. The third-order valence-corrected chi connectivity index (χ3v) is 5.30. The molecule has 2 N–H and O–H groups in total. The van der Waals surface area contributed by atoms with Crippen LogP contribution in [0.3, 0.4) is 0 Å². The highest BCUT2D eigenvalue weighted by atomic mass is 35.5. The lowest BCUT2D eigenvalue weighted by molar-refractivity contribution is -0.136. The monoisotopic (exact) mass is 389 g/mol. The van der Waals surface area contributed by atoms with Gasteiger partial charge in [-0.1, -0.05) is 18.6 Å². The lowest BCUT2D eigenvalue weighted by atomic mass is 9.94. The average Bonchev–Trinajstić information content (AvgIpc) is 3.10. The van der Waals surface area contributed by atoms with Gasteiger partial charge in [-0.2, -0.15) is 0 Å². The smallest absolute Gasteiger partial charge is 0.226 e. The summed E-state index contributed by atoms with van der Waals surface area (Å²) in [6, 6.07) is 8.07. The molecule has 142 valence electrons. The van der Waals surface area contributed by atoms with Crippen molar-refractivity contribution < 1.29 is 9.53 Å². The van der Waals surface area contributed by atoms with E-state index < -0.39 is 0 Å². The molecule has 1 saturated heterocycles. The Hall–Kier alpha value is -1.17. The van der Waals surface area contributed by atoms with Crippen molar-refractivity contribution in [1.29, 1.82) is 0 Å². The molecule has 5 nitrogen and oxygen atoms in total. The second-order valence-corrected chi connectivity index (χ2v) is 6.52. The summed E-state index contributed by atoms with van der Waals surface area (Å²) in [6.45, 7) is 3.91. The number of hydrogen-bond acceptors (Lipinski definition) is 4. The Morgan fingerprint density at radius 2 is 1.84 bits per heavy atom. The van der Waals surface area contributed by atoms with Crippen LogP contribution in [0.15, 0.2) is 24.3 Å². The molecule has 7 heteroatoms. The minimum absolute atomic E-state index is 0. The normalized spacial score (nSPS) is 22.8. The van der Waals surface area contributed by atoms with E-state index in [1.807, 2.05) is 23.1 Å². The van der Waals surface area contributed by atoms with E-state index in [4.69, 9.17) is 10.5 Å². The van der Waals surface area contributed by atoms with E-state index in [1.165, 1.54) is 0 Å². The first-order valence-corrected chi connectivity index (χ1v) is 8.61. The molecule has 0 radical (unpaired) electrons. The van der Waals surface area contributed by atoms with Gasteiger partial charge in [-0.25, -0.2) is 0 Å². The van der Waals surface area contributed by atoms with Gasteiger partial charge in [0.05, 0.1) is 12.8 Å². The van der Waals surface area contributed by atoms with Gasteiger partial charge in [0.15, 0.2) is 0 Å². The van der Waals surface area contributed by atoms with Crippen LogP contribution in [0.25, 0.3) is 0 Å². The number of piperazine rings is 1. The number of methoxy groups -OCH3 is 1. The molecule has 0 unspecified atom stereocenters. The van der Waals surface area contributed by atoms with Crippen LogP contribution >= 0.6 is 24.8 Å². The van der Waals surface area contributed by atoms with E-state index in [1.54, 1.807) is 7.11 Å². The van der Waals surface area contributed by atoms with Crippen molar-refractivity contribution in [1.82, 2.24) is 4.90 Å². The van der Waals surface area contributed by atoms with Crippen LogP contribution < -0.4 is 15.4 Å². The van der Waals surface area contributed by atoms with Gasteiger partial charge in [0, 0.05) is 32.1 Å². The number of carbonyl (C=O) groups excluding carboxylic acids is 1. The van der Waals surface area contributed by atoms with Crippen molar-refractivity contribution in [3.05, 3.63) is 24.3 Å². The Bertz CT molecular complexity index is 551. The number of benzene rings is 1. The first-order valence-electron chi connectivity index (χ1n) is 8.61. The Kier molecular flexibility index (Phi) is 8.83. The van der Waals surface area contributed by atoms with Crippen LogP contribution in [-0.2, 0) is 4.79 Å². The highest BCUT2D eigenvalue weighted by molar-refractivity contribution is 5.85. The van der Waals surface area contributed by atoms with Gasteiger partial charge in [-0.05, 0) is 37.4 Å². The second kappa shape index (κ2) is 10.1. The lowest BCUT2D eigenvalue weighted by Crippen LogP contribution is -2.51. The zero-order valence-corrected chi connectivity index (χ0v) is 16.4. The quantitative estimate of drug-likeness (QED) is 0.859. The van der Waals surface area contributed by atoms with Gasteiger partial charge in [-0.15, -0.1) is 24.8 Å². The van der Waals surface area contributed by atoms with Gasteiger partial charge in [-0.3, -0.25) is 4.79 Å². The van der Waals surface area contributed by atoms with Crippen LogP contribution in [0.5, 0.6) is 5.75 Å². The summed E-state index contributed by atoms with van der Waals surface area (Å²) < 4.78 is 5.45.